The first kappa shape index (κ1) is 14.8. The van der Waals surface area contributed by atoms with Crippen LogP contribution in [0.2, 0.25) is 0 Å². The molecule has 1 rings (SSSR count). The highest BCUT2D eigenvalue weighted by Gasteiger charge is 2.09. The molecule has 0 aliphatic heterocycles. The van der Waals surface area contributed by atoms with E-state index in [0.29, 0.717) is 0 Å². The van der Waals surface area contributed by atoms with Crippen LogP contribution in [0.5, 0.6) is 11.5 Å². The first-order chi connectivity index (χ1) is 8.69. The molecule has 3 heteroatoms. The van der Waals surface area contributed by atoms with E-state index < -0.39 is 0 Å². The standard InChI is InChI=1S/C15H25NO2/c1-12(2)7-6-10-18-15-13(11-16-3)8-5-9-14(15)17-4/h5,8-9,12,16H,6-7,10-11H2,1-4H3. The van der Waals surface area contributed by atoms with Crippen molar-refractivity contribution in [2.75, 3.05) is 20.8 Å². The highest BCUT2D eigenvalue weighted by atomic mass is 16.5. The monoisotopic (exact) mass is 251 g/mol. The van der Waals surface area contributed by atoms with Crippen molar-refractivity contribution in [3.05, 3.63) is 23.8 Å². The second kappa shape index (κ2) is 7.98. The van der Waals surface area contributed by atoms with E-state index in [1.54, 1.807) is 7.11 Å². The second-order valence-corrected chi connectivity index (χ2v) is 4.86. The van der Waals surface area contributed by atoms with Crippen molar-refractivity contribution >= 4 is 0 Å². The molecule has 0 saturated carbocycles. The molecule has 0 radical (unpaired) electrons. The number of para-hydroxylation sites is 1. The van der Waals surface area contributed by atoms with Crippen LogP contribution in [0.25, 0.3) is 0 Å². The molecule has 0 bridgehead atoms. The Balaban J connectivity index is 2.65. The van der Waals surface area contributed by atoms with Gasteiger partial charge in [0, 0.05) is 12.1 Å². The van der Waals surface area contributed by atoms with Crippen molar-refractivity contribution in [3.8, 4) is 11.5 Å². The highest BCUT2D eigenvalue weighted by Crippen LogP contribution is 2.31. The summed E-state index contributed by atoms with van der Waals surface area (Å²) in [7, 11) is 3.61. The van der Waals surface area contributed by atoms with Crippen LogP contribution in [0.1, 0.15) is 32.3 Å². The number of rotatable bonds is 8. The highest BCUT2D eigenvalue weighted by molar-refractivity contribution is 5.46. The molecule has 102 valence electrons. The summed E-state index contributed by atoms with van der Waals surface area (Å²) in [5.74, 6) is 2.41. The lowest BCUT2D eigenvalue weighted by Crippen LogP contribution is -2.09. The molecule has 0 heterocycles. The van der Waals surface area contributed by atoms with Gasteiger partial charge < -0.3 is 14.8 Å². The molecule has 0 spiro atoms. The van der Waals surface area contributed by atoms with E-state index in [-0.39, 0.29) is 0 Å². The van der Waals surface area contributed by atoms with Crippen LogP contribution in [0.15, 0.2) is 18.2 Å². The van der Waals surface area contributed by atoms with Gasteiger partial charge in [0.05, 0.1) is 13.7 Å². The van der Waals surface area contributed by atoms with E-state index >= 15 is 0 Å². The van der Waals surface area contributed by atoms with Gasteiger partial charge in [-0.1, -0.05) is 26.0 Å². The Morgan fingerprint density at radius 2 is 2.06 bits per heavy atom. The predicted octanol–water partition coefficient (Wildman–Crippen LogP) is 3.23. The summed E-state index contributed by atoms with van der Waals surface area (Å²) < 4.78 is 11.3. The molecule has 1 N–H and O–H groups in total. The lowest BCUT2D eigenvalue weighted by atomic mass is 10.1. The van der Waals surface area contributed by atoms with E-state index in [1.165, 1.54) is 6.42 Å². The summed E-state index contributed by atoms with van der Waals surface area (Å²) in [5.41, 5.74) is 1.14. The third-order valence-electron chi connectivity index (χ3n) is 2.82. The molecule has 1 aromatic rings. The molecule has 0 atom stereocenters. The van der Waals surface area contributed by atoms with E-state index in [1.807, 2.05) is 19.2 Å². The van der Waals surface area contributed by atoms with Crippen molar-refractivity contribution in [2.45, 2.75) is 33.2 Å². The molecule has 0 unspecified atom stereocenters. The van der Waals surface area contributed by atoms with Crippen LogP contribution < -0.4 is 14.8 Å². The van der Waals surface area contributed by atoms with E-state index in [4.69, 9.17) is 9.47 Å². The van der Waals surface area contributed by atoms with Gasteiger partial charge in [-0.3, -0.25) is 0 Å². The molecule has 0 fully saturated rings. The van der Waals surface area contributed by atoms with Gasteiger partial charge in [-0.2, -0.15) is 0 Å². The molecular formula is C15H25NO2. The van der Waals surface area contributed by atoms with E-state index in [2.05, 4.69) is 25.2 Å². The smallest absolute Gasteiger partial charge is 0.165 e. The first-order valence-corrected chi connectivity index (χ1v) is 6.62. The van der Waals surface area contributed by atoms with Gasteiger partial charge >= 0.3 is 0 Å². The molecule has 18 heavy (non-hydrogen) atoms. The molecule has 1 aromatic carbocycles. The second-order valence-electron chi connectivity index (χ2n) is 4.86. The normalized spacial score (nSPS) is 10.7. The van der Waals surface area contributed by atoms with Crippen LogP contribution in [0.4, 0.5) is 0 Å². The van der Waals surface area contributed by atoms with Crippen LogP contribution in [0, 0.1) is 5.92 Å². The minimum Gasteiger partial charge on any atom is -0.493 e. The largest absolute Gasteiger partial charge is 0.493 e. The zero-order valence-corrected chi connectivity index (χ0v) is 12.0. The summed E-state index contributed by atoms with van der Waals surface area (Å²) >= 11 is 0. The molecule has 0 aromatic heterocycles. The SMILES string of the molecule is CNCc1cccc(OC)c1OCCCC(C)C. The Labute approximate surface area is 110 Å². The lowest BCUT2D eigenvalue weighted by Gasteiger charge is -2.15. The topological polar surface area (TPSA) is 30.5 Å². The molecule has 3 nitrogen and oxygen atoms in total. The minimum absolute atomic E-state index is 0.725. The van der Waals surface area contributed by atoms with Gasteiger partial charge in [0.25, 0.3) is 0 Å². The third-order valence-corrected chi connectivity index (χ3v) is 2.82. The summed E-state index contributed by atoms with van der Waals surface area (Å²) in [6, 6.07) is 6.00. The van der Waals surface area contributed by atoms with Gasteiger partial charge in [-0.25, -0.2) is 0 Å². The zero-order chi connectivity index (χ0) is 13.4. The number of nitrogens with one attached hydrogen (secondary N) is 1. The molecule has 0 aliphatic rings. The number of hydrogen-bond acceptors (Lipinski definition) is 3. The fourth-order valence-electron chi connectivity index (χ4n) is 1.88. The van der Waals surface area contributed by atoms with Gasteiger partial charge in [0.15, 0.2) is 11.5 Å². The summed E-state index contributed by atoms with van der Waals surface area (Å²) in [5, 5.41) is 3.15. The fraction of sp³-hybridized carbons (Fsp3) is 0.600. The Hall–Kier alpha value is -1.22. The molecule has 0 saturated heterocycles. The molecule has 0 amide bonds. The average Bonchev–Trinajstić information content (AvgIpc) is 2.35. The number of hydrogen-bond donors (Lipinski definition) is 1. The summed E-state index contributed by atoms with van der Waals surface area (Å²) in [6.07, 6.45) is 2.27. The molecular weight excluding hydrogens is 226 g/mol. The Kier molecular flexibility index (Phi) is 6.58. The van der Waals surface area contributed by atoms with Crippen LogP contribution in [-0.2, 0) is 6.54 Å². The molecule has 0 aliphatic carbocycles. The predicted molar refractivity (Wildman–Crippen MR) is 75.3 cm³/mol. The maximum atomic E-state index is 5.90. The fourth-order valence-corrected chi connectivity index (χ4v) is 1.88. The van der Waals surface area contributed by atoms with Gasteiger partial charge in [0.2, 0.25) is 0 Å². The summed E-state index contributed by atoms with van der Waals surface area (Å²) in [6.45, 7) is 6.00. The maximum Gasteiger partial charge on any atom is 0.165 e. The van der Waals surface area contributed by atoms with E-state index in [0.717, 1.165) is 42.6 Å². The number of ether oxygens (including phenoxy) is 2. The lowest BCUT2D eigenvalue weighted by molar-refractivity contribution is 0.276. The maximum absolute atomic E-state index is 5.90. The van der Waals surface area contributed by atoms with Gasteiger partial charge in [-0.05, 0) is 31.9 Å². The Bertz CT molecular complexity index is 350. The van der Waals surface area contributed by atoms with Crippen molar-refractivity contribution in [1.29, 1.82) is 0 Å². The van der Waals surface area contributed by atoms with Crippen molar-refractivity contribution in [3.63, 3.8) is 0 Å². The quantitative estimate of drug-likeness (QED) is 0.720. The van der Waals surface area contributed by atoms with E-state index in [9.17, 15) is 0 Å². The van der Waals surface area contributed by atoms with Gasteiger partial charge in [0.1, 0.15) is 0 Å². The average molecular weight is 251 g/mol. The minimum atomic E-state index is 0.725. The van der Waals surface area contributed by atoms with Gasteiger partial charge in [-0.15, -0.1) is 0 Å². The zero-order valence-electron chi connectivity index (χ0n) is 12.0. The Morgan fingerprint density at radius 3 is 2.67 bits per heavy atom. The first-order valence-electron chi connectivity index (χ1n) is 6.62. The third kappa shape index (κ3) is 4.57. The Morgan fingerprint density at radius 1 is 1.28 bits per heavy atom. The van der Waals surface area contributed by atoms with Crippen molar-refractivity contribution in [1.82, 2.24) is 5.32 Å². The van der Waals surface area contributed by atoms with Crippen molar-refractivity contribution < 1.29 is 9.47 Å². The van der Waals surface area contributed by atoms with Crippen molar-refractivity contribution in [2.24, 2.45) is 5.92 Å². The number of methoxy groups -OCH3 is 1. The summed E-state index contributed by atoms with van der Waals surface area (Å²) in [4.78, 5) is 0. The number of benzene rings is 1. The van der Waals surface area contributed by atoms with Crippen LogP contribution in [-0.4, -0.2) is 20.8 Å². The van der Waals surface area contributed by atoms with Crippen LogP contribution in [0.3, 0.4) is 0 Å². The van der Waals surface area contributed by atoms with Crippen LogP contribution >= 0.6 is 0 Å².